The predicted molar refractivity (Wildman–Crippen MR) is 136 cm³/mol. The summed E-state index contributed by atoms with van der Waals surface area (Å²) in [6, 6.07) is 15.6. The molecule has 2 aromatic carbocycles. The van der Waals surface area contributed by atoms with Crippen LogP contribution >= 0.6 is 0 Å². The molecule has 0 fully saturated rings. The molecule has 0 aliphatic heterocycles. The summed E-state index contributed by atoms with van der Waals surface area (Å²) < 4.78 is 36.5. The van der Waals surface area contributed by atoms with Gasteiger partial charge >= 0.3 is 29.6 Å². The first-order chi connectivity index (χ1) is 15.8. The van der Waals surface area contributed by atoms with Crippen LogP contribution in [0.4, 0.5) is 5.69 Å². The van der Waals surface area contributed by atoms with Crippen LogP contribution in [0.5, 0.6) is 0 Å². The number of benzene rings is 2. The van der Waals surface area contributed by atoms with Gasteiger partial charge in [0.05, 0.1) is 0 Å². The molecule has 34 heavy (non-hydrogen) atoms. The van der Waals surface area contributed by atoms with Crippen LogP contribution in [0.25, 0.3) is 5.57 Å². The van der Waals surface area contributed by atoms with E-state index >= 15 is 0 Å². The molecule has 0 saturated carbocycles. The van der Waals surface area contributed by atoms with E-state index in [0.717, 1.165) is 54.3 Å². The Kier molecular flexibility index (Phi) is 10.5. The first kappa shape index (κ1) is 28.3. The van der Waals surface area contributed by atoms with Gasteiger partial charge in [0.15, 0.2) is 5.71 Å². The fraction of sp³-hybridized carbons (Fsp3) is 0.296. The normalized spacial score (nSPS) is 13.0. The third kappa shape index (κ3) is 6.37. The number of nitrogens with zero attached hydrogens (tertiary/aromatic N) is 2. The number of rotatable bonds is 8. The fourth-order valence-electron chi connectivity index (χ4n) is 4.17. The molecular formula is C27H32N2NaO3S+. The molecule has 0 aromatic heterocycles. The van der Waals surface area contributed by atoms with E-state index in [2.05, 4.69) is 43.2 Å². The van der Waals surface area contributed by atoms with Gasteiger partial charge in [-0.3, -0.25) is 4.55 Å². The summed E-state index contributed by atoms with van der Waals surface area (Å²) in [6.45, 7) is 12.1. The van der Waals surface area contributed by atoms with Crippen molar-refractivity contribution in [3.8, 4) is 0 Å². The summed E-state index contributed by atoms with van der Waals surface area (Å²) >= 11 is 0. The maximum absolute atomic E-state index is 12.2. The molecule has 3 rings (SSSR count). The van der Waals surface area contributed by atoms with E-state index in [4.69, 9.17) is 0 Å². The van der Waals surface area contributed by atoms with Crippen molar-refractivity contribution in [2.75, 3.05) is 31.1 Å². The minimum absolute atomic E-state index is 0. The molecule has 0 spiro atoms. The Balaban J connectivity index is 0.00000408. The summed E-state index contributed by atoms with van der Waals surface area (Å²) in [5, 5.41) is 0. The second-order valence-corrected chi connectivity index (χ2v) is 9.10. The molecule has 2 aromatic rings. The Hall–Kier alpha value is -1.96. The average molecular weight is 488 g/mol. The topological polar surface area (TPSA) is 60.6 Å². The molecule has 7 heteroatoms. The van der Waals surface area contributed by atoms with Crippen molar-refractivity contribution in [2.24, 2.45) is 0 Å². The maximum Gasteiger partial charge on any atom is 1.00 e. The molecule has 0 unspecified atom stereocenters. The van der Waals surface area contributed by atoms with Crippen LogP contribution in [-0.2, 0) is 10.1 Å². The van der Waals surface area contributed by atoms with E-state index in [0.29, 0.717) is 5.56 Å². The van der Waals surface area contributed by atoms with Crippen LogP contribution in [0.2, 0.25) is 0 Å². The average Bonchev–Trinajstić information content (AvgIpc) is 2.82. The van der Waals surface area contributed by atoms with Crippen molar-refractivity contribution in [3.05, 3.63) is 89.5 Å². The molecule has 0 atom stereocenters. The second-order valence-electron chi connectivity index (χ2n) is 7.71. The van der Waals surface area contributed by atoms with Gasteiger partial charge in [-0.1, -0.05) is 17.7 Å². The summed E-state index contributed by atoms with van der Waals surface area (Å²) in [5.74, 6) is 0. The first-order valence-corrected chi connectivity index (χ1v) is 12.8. The molecule has 0 amide bonds. The molecule has 0 bridgehead atoms. The van der Waals surface area contributed by atoms with Gasteiger partial charge in [0.2, 0.25) is 0 Å². The van der Waals surface area contributed by atoms with E-state index in [-0.39, 0.29) is 34.5 Å². The number of hydrogen-bond acceptors (Lipinski definition) is 3. The minimum Gasteiger partial charge on any atom is -0.372 e. The van der Waals surface area contributed by atoms with Gasteiger partial charge in [-0.2, -0.15) is 26.6 Å². The van der Waals surface area contributed by atoms with Gasteiger partial charge < -0.3 is 4.90 Å². The van der Waals surface area contributed by atoms with Gasteiger partial charge in [0.1, 0.15) is 13.1 Å². The van der Waals surface area contributed by atoms with E-state index in [9.17, 15) is 13.0 Å². The predicted octanol–water partition coefficient (Wildman–Crippen LogP) is 2.00. The van der Waals surface area contributed by atoms with Crippen molar-refractivity contribution < 1.29 is 47.1 Å². The zero-order chi connectivity index (χ0) is 24.0. The number of anilines is 1. The molecule has 174 valence electrons. The summed E-state index contributed by atoms with van der Waals surface area (Å²) in [4.78, 5) is 2.12. The molecule has 0 saturated heterocycles. The smallest absolute Gasteiger partial charge is 0.372 e. The van der Waals surface area contributed by atoms with E-state index in [1.807, 2.05) is 48.6 Å². The third-order valence-corrected chi connectivity index (χ3v) is 6.85. The first-order valence-electron chi connectivity index (χ1n) is 11.4. The molecule has 0 radical (unpaired) electrons. The molecule has 1 aliphatic carbocycles. The maximum atomic E-state index is 12.2. The van der Waals surface area contributed by atoms with Gasteiger partial charge in [-0.25, -0.2) is 4.58 Å². The van der Waals surface area contributed by atoms with Gasteiger partial charge in [0.25, 0.3) is 10.1 Å². The summed E-state index contributed by atoms with van der Waals surface area (Å²) in [7, 11) is -4.41. The Morgan fingerprint density at radius 2 is 1.53 bits per heavy atom. The van der Waals surface area contributed by atoms with Gasteiger partial charge in [-0.05, 0) is 68.0 Å². The van der Waals surface area contributed by atoms with E-state index in [1.54, 1.807) is 6.07 Å². The second kappa shape index (κ2) is 12.7. The van der Waals surface area contributed by atoms with Crippen LogP contribution in [-0.4, -0.2) is 49.4 Å². The summed E-state index contributed by atoms with van der Waals surface area (Å²) in [5.41, 5.74) is 5.10. The number of allylic oxidation sites excluding steroid dienone is 5. The summed E-state index contributed by atoms with van der Waals surface area (Å²) in [6.07, 6.45) is 8.10. The quantitative estimate of drug-likeness (QED) is 0.268. The van der Waals surface area contributed by atoms with Crippen LogP contribution in [0.3, 0.4) is 0 Å². The number of hydrogen-bond donors (Lipinski definition) is 1. The van der Waals surface area contributed by atoms with Crippen LogP contribution in [0.15, 0.2) is 77.2 Å². The Labute approximate surface area is 226 Å². The standard InChI is InChI=1S/C27H32N2O3S.Na/c1-5-28(6-2)23-17-13-21(14-18-23)27(25-11-9-10-12-26(25)33(30,31)32)22-15-19-24(20-16-22)29(7-3)8-4;/h10-20H,5-8H2,1-4H3,(H,30,31,32);/q;+1. The van der Waals surface area contributed by atoms with Crippen molar-refractivity contribution in [1.29, 1.82) is 0 Å². The van der Waals surface area contributed by atoms with Crippen LogP contribution in [0.1, 0.15) is 38.8 Å². The third-order valence-electron chi connectivity index (χ3n) is 5.94. The van der Waals surface area contributed by atoms with Crippen molar-refractivity contribution in [3.63, 3.8) is 0 Å². The molecular weight excluding hydrogens is 455 g/mol. The van der Waals surface area contributed by atoms with Crippen molar-refractivity contribution in [2.45, 2.75) is 32.6 Å². The SMILES string of the molecule is CCN(CC)c1ccc(C(=C2C=CC(=[N+](CC)CC)C=C2)c2c[c-]ccc2S(=O)(=O)O)cc1.[Na+]. The Bertz CT molecular complexity index is 1200. The molecule has 0 heterocycles. The Morgan fingerprint density at radius 1 is 0.941 bits per heavy atom. The van der Waals surface area contributed by atoms with Crippen LogP contribution < -0.4 is 34.5 Å². The van der Waals surface area contributed by atoms with E-state index < -0.39 is 10.1 Å². The van der Waals surface area contributed by atoms with E-state index in [1.165, 1.54) is 12.1 Å². The monoisotopic (exact) mass is 487 g/mol. The fourth-order valence-corrected chi connectivity index (χ4v) is 4.85. The zero-order valence-corrected chi connectivity index (χ0v) is 23.6. The van der Waals surface area contributed by atoms with Gasteiger partial charge in [-0.15, -0.1) is 11.6 Å². The molecule has 5 nitrogen and oxygen atoms in total. The van der Waals surface area contributed by atoms with Crippen LogP contribution in [0, 0.1) is 6.07 Å². The van der Waals surface area contributed by atoms with Crippen molar-refractivity contribution in [1.82, 2.24) is 0 Å². The largest absolute Gasteiger partial charge is 1.00 e. The molecule has 1 aliphatic rings. The minimum atomic E-state index is -4.41. The zero-order valence-electron chi connectivity index (χ0n) is 20.7. The Morgan fingerprint density at radius 3 is 2.03 bits per heavy atom. The molecule has 1 N–H and O–H groups in total. The van der Waals surface area contributed by atoms with Gasteiger partial charge in [0, 0.05) is 30.9 Å². The van der Waals surface area contributed by atoms with Crippen molar-refractivity contribution >= 4 is 27.1 Å².